The van der Waals surface area contributed by atoms with Crippen molar-refractivity contribution in [1.82, 2.24) is 0 Å². The van der Waals surface area contributed by atoms with Crippen LogP contribution in [0.4, 0.5) is 0 Å². The summed E-state index contributed by atoms with van der Waals surface area (Å²) in [6, 6.07) is 10.4. The Morgan fingerprint density at radius 1 is 1.12 bits per heavy atom. The van der Waals surface area contributed by atoms with E-state index >= 15 is 0 Å². The molecule has 0 aliphatic rings. The Morgan fingerprint density at radius 3 is 2.40 bits per heavy atom. The fourth-order valence-corrected chi connectivity index (χ4v) is 3.51. The number of halogens is 1. The molecule has 0 fully saturated rings. The predicted molar refractivity (Wildman–Crippen MR) is 94.9 cm³/mol. The molecule has 0 saturated carbocycles. The molecular formula is C17H15BrO6S. The van der Waals surface area contributed by atoms with Gasteiger partial charge in [-0.2, -0.15) is 0 Å². The van der Waals surface area contributed by atoms with Gasteiger partial charge in [0.1, 0.15) is 5.75 Å². The fraction of sp³-hybridized carbons (Fsp3) is 0.176. The molecule has 0 N–H and O–H groups in total. The maximum absolute atomic E-state index is 12.2. The van der Waals surface area contributed by atoms with E-state index in [0.717, 1.165) is 6.26 Å². The summed E-state index contributed by atoms with van der Waals surface area (Å²) in [5.74, 6) is -0.730. The number of carbonyl (C=O) groups is 2. The number of hydrogen-bond donors (Lipinski definition) is 0. The van der Waals surface area contributed by atoms with E-state index in [2.05, 4.69) is 15.9 Å². The summed E-state index contributed by atoms with van der Waals surface area (Å²) in [6.07, 6.45) is 0.999. The zero-order valence-electron chi connectivity index (χ0n) is 13.5. The summed E-state index contributed by atoms with van der Waals surface area (Å²) in [4.78, 5) is 24.2. The van der Waals surface area contributed by atoms with Crippen LogP contribution >= 0.6 is 15.9 Å². The number of carbonyl (C=O) groups excluding carboxylic acids is 2. The van der Waals surface area contributed by atoms with Gasteiger partial charge < -0.3 is 9.47 Å². The number of hydrogen-bond acceptors (Lipinski definition) is 6. The zero-order valence-corrected chi connectivity index (χ0v) is 15.9. The van der Waals surface area contributed by atoms with Gasteiger partial charge in [-0.05, 0) is 46.3 Å². The number of methoxy groups -OCH3 is 1. The molecule has 0 heterocycles. The molecule has 0 aliphatic carbocycles. The van der Waals surface area contributed by atoms with E-state index in [1.165, 1.54) is 31.4 Å². The van der Waals surface area contributed by atoms with Crippen molar-refractivity contribution in [2.24, 2.45) is 0 Å². The lowest BCUT2D eigenvalue weighted by Gasteiger charge is -2.09. The third-order valence-electron chi connectivity index (χ3n) is 3.31. The van der Waals surface area contributed by atoms with Crippen molar-refractivity contribution < 1.29 is 27.5 Å². The smallest absolute Gasteiger partial charge is 0.339 e. The Morgan fingerprint density at radius 2 is 1.80 bits per heavy atom. The molecule has 0 radical (unpaired) electrons. The molecule has 25 heavy (non-hydrogen) atoms. The Balaban J connectivity index is 2.13. The molecule has 0 atom stereocenters. The highest BCUT2D eigenvalue weighted by Crippen LogP contribution is 2.25. The molecule has 2 aromatic rings. The topological polar surface area (TPSA) is 86.7 Å². The number of Topliss-reactive ketones (excluding diaryl/α,β-unsaturated/α-hetero) is 1. The van der Waals surface area contributed by atoms with Crippen LogP contribution in [0.1, 0.15) is 20.7 Å². The minimum absolute atomic E-state index is 0.103. The third kappa shape index (κ3) is 4.67. The van der Waals surface area contributed by atoms with Gasteiger partial charge >= 0.3 is 5.97 Å². The number of ether oxygens (including phenoxy) is 2. The van der Waals surface area contributed by atoms with Crippen LogP contribution in [0, 0.1) is 0 Å². The average molecular weight is 427 g/mol. The monoisotopic (exact) mass is 426 g/mol. The third-order valence-corrected chi connectivity index (χ3v) is 5.09. The van der Waals surface area contributed by atoms with E-state index in [1.807, 2.05) is 0 Å². The summed E-state index contributed by atoms with van der Waals surface area (Å²) in [7, 11) is -2.09. The van der Waals surface area contributed by atoms with Gasteiger partial charge in [0.25, 0.3) is 0 Å². The average Bonchev–Trinajstić information content (AvgIpc) is 2.58. The van der Waals surface area contributed by atoms with E-state index < -0.39 is 28.2 Å². The van der Waals surface area contributed by atoms with Crippen LogP contribution in [0.3, 0.4) is 0 Å². The molecule has 0 spiro atoms. The first kappa shape index (κ1) is 19.1. The van der Waals surface area contributed by atoms with Crippen LogP contribution in [0.5, 0.6) is 5.75 Å². The maximum Gasteiger partial charge on any atom is 0.339 e. The van der Waals surface area contributed by atoms with Gasteiger partial charge in [0.2, 0.25) is 0 Å². The second-order valence-electron chi connectivity index (χ2n) is 5.12. The molecule has 0 aliphatic heterocycles. The highest BCUT2D eigenvalue weighted by molar-refractivity contribution is 9.10. The van der Waals surface area contributed by atoms with Crippen LogP contribution in [0.15, 0.2) is 51.8 Å². The van der Waals surface area contributed by atoms with Crippen molar-refractivity contribution in [2.45, 2.75) is 4.90 Å². The molecule has 0 bridgehead atoms. The lowest BCUT2D eigenvalue weighted by atomic mass is 10.1. The zero-order chi connectivity index (χ0) is 18.6. The lowest BCUT2D eigenvalue weighted by Crippen LogP contribution is -2.16. The Hall–Kier alpha value is -2.19. The number of esters is 1. The summed E-state index contributed by atoms with van der Waals surface area (Å²) >= 11 is 3.27. The molecule has 2 rings (SSSR count). The van der Waals surface area contributed by atoms with Gasteiger partial charge in [0.15, 0.2) is 22.2 Å². The molecule has 0 amide bonds. The minimum atomic E-state index is -3.59. The highest BCUT2D eigenvalue weighted by atomic mass is 79.9. The first-order valence-corrected chi connectivity index (χ1v) is 9.75. The quantitative estimate of drug-likeness (QED) is 0.521. The van der Waals surface area contributed by atoms with Gasteiger partial charge in [0.05, 0.1) is 22.0 Å². The molecule has 0 saturated heterocycles. The van der Waals surface area contributed by atoms with Crippen LogP contribution < -0.4 is 4.74 Å². The number of sulfone groups is 1. The summed E-state index contributed by atoms with van der Waals surface area (Å²) in [6.45, 7) is -0.504. The van der Waals surface area contributed by atoms with E-state index in [-0.39, 0.29) is 10.5 Å². The molecule has 132 valence electrons. The molecule has 8 heteroatoms. The van der Waals surface area contributed by atoms with E-state index in [9.17, 15) is 18.0 Å². The van der Waals surface area contributed by atoms with E-state index in [4.69, 9.17) is 9.47 Å². The molecule has 0 aromatic heterocycles. The molecule has 0 unspecified atom stereocenters. The molecule has 6 nitrogen and oxygen atoms in total. The largest absolute Gasteiger partial charge is 0.496 e. The number of rotatable bonds is 6. The van der Waals surface area contributed by atoms with Gasteiger partial charge in [-0.3, -0.25) is 4.79 Å². The van der Waals surface area contributed by atoms with Gasteiger partial charge in [-0.15, -0.1) is 0 Å². The van der Waals surface area contributed by atoms with E-state index in [1.54, 1.807) is 18.2 Å². The second kappa shape index (κ2) is 7.79. The van der Waals surface area contributed by atoms with Crippen LogP contribution in [-0.2, 0) is 14.6 Å². The number of benzene rings is 2. The summed E-state index contributed by atoms with van der Waals surface area (Å²) < 4.78 is 34.1. The predicted octanol–water partition coefficient (Wildman–Crippen LogP) is 2.90. The molecule has 2 aromatic carbocycles. The van der Waals surface area contributed by atoms with Crippen LogP contribution in [0.25, 0.3) is 0 Å². The van der Waals surface area contributed by atoms with Crippen molar-refractivity contribution >= 4 is 37.5 Å². The van der Waals surface area contributed by atoms with Crippen LogP contribution in [0.2, 0.25) is 0 Å². The fourth-order valence-electron chi connectivity index (χ4n) is 2.09. The SMILES string of the molecule is COc1ccc(C(=O)COC(=O)c2ccccc2S(C)(=O)=O)cc1Br. The molecular weight excluding hydrogens is 412 g/mol. The van der Waals surface area contributed by atoms with Crippen molar-refractivity contribution in [3.63, 3.8) is 0 Å². The minimum Gasteiger partial charge on any atom is -0.496 e. The second-order valence-corrected chi connectivity index (χ2v) is 7.96. The van der Waals surface area contributed by atoms with Crippen LogP contribution in [-0.4, -0.2) is 40.1 Å². The van der Waals surface area contributed by atoms with Crippen molar-refractivity contribution in [3.05, 3.63) is 58.1 Å². The highest BCUT2D eigenvalue weighted by Gasteiger charge is 2.20. The first-order valence-electron chi connectivity index (χ1n) is 7.07. The Labute approximate surface area is 153 Å². The maximum atomic E-state index is 12.2. The summed E-state index contributed by atoms with van der Waals surface area (Å²) in [5.41, 5.74) is 0.227. The standard InChI is InChI=1S/C17H15BrO6S/c1-23-15-8-7-11(9-13(15)18)14(19)10-24-17(20)12-5-3-4-6-16(12)25(2,21)22/h3-9H,10H2,1-2H3. The Kier molecular flexibility index (Phi) is 5.97. The Bertz CT molecular complexity index is 920. The van der Waals surface area contributed by atoms with Gasteiger partial charge in [-0.1, -0.05) is 12.1 Å². The number of ketones is 1. The first-order chi connectivity index (χ1) is 11.7. The lowest BCUT2D eigenvalue weighted by molar-refractivity contribution is 0.0471. The van der Waals surface area contributed by atoms with Crippen molar-refractivity contribution in [1.29, 1.82) is 0 Å². The summed E-state index contributed by atoms with van der Waals surface area (Å²) in [5, 5.41) is 0. The van der Waals surface area contributed by atoms with Crippen molar-refractivity contribution in [2.75, 3.05) is 20.0 Å². The van der Waals surface area contributed by atoms with Gasteiger partial charge in [0, 0.05) is 11.8 Å². The van der Waals surface area contributed by atoms with E-state index in [0.29, 0.717) is 15.8 Å². The van der Waals surface area contributed by atoms with Gasteiger partial charge in [-0.25, -0.2) is 13.2 Å². The normalized spacial score (nSPS) is 11.0. The van der Waals surface area contributed by atoms with Crippen molar-refractivity contribution in [3.8, 4) is 5.75 Å².